The highest BCUT2D eigenvalue weighted by Crippen LogP contribution is 2.38. The first-order valence-corrected chi connectivity index (χ1v) is 19.9. The van der Waals surface area contributed by atoms with Crippen LogP contribution in [0.15, 0.2) is 132 Å². The van der Waals surface area contributed by atoms with E-state index in [-0.39, 0.29) is 28.2 Å². The molecule has 1 aliphatic carbocycles. The predicted octanol–water partition coefficient (Wildman–Crippen LogP) is 8.13. The number of H-pyrrole nitrogens is 1. The molecule has 6 aromatic rings. The number of anilines is 1. The van der Waals surface area contributed by atoms with Crippen LogP contribution in [0.3, 0.4) is 0 Å². The van der Waals surface area contributed by atoms with Gasteiger partial charge in [-0.2, -0.15) is 0 Å². The summed E-state index contributed by atoms with van der Waals surface area (Å²) < 4.78 is 40.0. The SMILES string of the molecule is COc1cc(C(=O)NS(=O)(=O)c2ccccc2C)ccc1C(C(=O)NC(c1ccccc1)c1ccccc1)c1c[nH]c2ccc(NC(=O)OC3CCCC3)cc12. The van der Waals surface area contributed by atoms with E-state index in [1.54, 1.807) is 49.5 Å². The van der Waals surface area contributed by atoms with Crippen LogP contribution in [0.1, 0.15) is 75.8 Å². The summed E-state index contributed by atoms with van der Waals surface area (Å²) in [5.41, 5.74) is 4.43. The Morgan fingerprint density at radius 3 is 2.11 bits per heavy atom. The minimum Gasteiger partial charge on any atom is -0.496 e. The molecule has 1 fully saturated rings. The van der Waals surface area contributed by atoms with E-state index >= 15 is 0 Å². The quantitative estimate of drug-likeness (QED) is 0.0980. The average molecular weight is 771 g/mol. The van der Waals surface area contributed by atoms with E-state index in [1.807, 2.05) is 66.7 Å². The molecule has 56 heavy (non-hydrogen) atoms. The van der Waals surface area contributed by atoms with Crippen molar-refractivity contribution in [3.05, 3.63) is 161 Å². The molecule has 1 unspecified atom stereocenters. The van der Waals surface area contributed by atoms with Crippen molar-refractivity contribution in [2.24, 2.45) is 0 Å². The summed E-state index contributed by atoms with van der Waals surface area (Å²) in [5, 5.41) is 6.78. The van der Waals surface area contributed by atoms with Crippen LogP contribution in [0.4, 0.5) is 10.5 Å². The van der Waals surface area contributed by atoms with Crippen LogP contribution in [0.5, 0.6) is 5.75 Å². The van der Waals surface area contributed by atoms with Crippen molar-refractivity contribution in [1.82, 2.24) is 15.0 Å². The van der Waals surface area contributed by atoms with Crippen LogP contribution in [0.2, 0.25) is 0 Å². The van der Waals surface area contributed by atoms with Crippen LogP contribution in [0.25, 0.3) is 10.9 Å². The summed E-state index contributed by atoms with van der Waals surface area (Å²) in [5.74, 6) is -2.06. The van der Waals surface area contributed by atoms with Gasteiger partial charge in [0.05, 0.1) is 24.0 Å². The first kappa shape index (κ1) is 37.9. The van der Waals surface area contributed by atoms with Crippen LogP contribution in [-0.2, 0) is 19.6 Å². The first-order valence-electron chi connectivity index (χ1n) is 18.4. The van der Waals surface area contributed by atoms with Gasteiger partial charge in [-0.15, -0.1) is 0 Å². The number of sulfonamides is 1. The number of nitrogens with one attached hydrogen (secondary N) is 4. The second kappa shape index (κ2) is 16.5. The number of aromatic amines is 1. The van der Waals surface area contributed by atoms with Gasteiger partial charge in [-0.25, -0.2) is 17.9 Å². The maximum atomic E-state index is 14.9. The fourth-order valence-corrected chi connectivity index (χ4v) is 8.50. The summed E-state index contributed by atoms with van der Waals surface area (Å²) >= 11 is 0. The molecule has 0 bridgehead atoms. The van der Waals surface area contributed by atoms with Crippen molar-refractivity contribution in [1.29, 1.82) is 0 Å². The molecule has 0 saturated heterocycles. The maximum Gasteiger partial charge on any atom is 0.411 e. The Hall–Kier alpha value is -6.40. The zero-order valence-corrected chi connectivity index (χ0v) is 31.8. The lowest BCUT2D eigenvalue weighted by atomic mass is 9.87. The Morgan fingerprint density at radius 1 is 0.786 bits per heavy atom. The molecule has 3 amide bonds. The number of aromatic nitrogens is 1. The molecule has 1 saturated carbocycles. The third-order valence-electron chi connectivity index (χ3n) is 10.1. The molecule has 12 heteroatoms. The molecule has 1 aromatic heterocycles. The van der Waals surface area contributed by atoms with Crippen molar-refractivity contribution in [2.45, 2.75) is 55.6 Å². The molecule has 5 aromatic carbocycles. The lowest BCUT2D eigenvalue weighted by molar-refractivity contribution is -0.122. The van der Waals surface area contributed by atoms with Crippen molar-refractivity contribution < 1.29 is 32.3 Å². The fraction of sp³-hybridized carbons (Fsp3) is 0.205. The largest absolute Gasteiger partial charge is 0.496 e. The number of hydrogen-bond donors (Lipinski definition) is 4. The number of carbonyl (C=O) groups excluding carboxylic acids is 3. The minimum absolute atomic E-state index is 0.0135. The van der Waals surface area contributed by atoms with Gasteiger partial charge in [0.2, 0.25) is 5.91 Å². The molecule has 1 heterocycles. The van der Waals surface area contributed by atoms with Crippen LogP contribution < -0.4 is 20.1 Å². The third kappa shape index (κ3) is 8.30. The Bertz CT molecular complexity index is 2440. The Morgan fingerprint density at radius 2 is 1.45 bits per heavy atom. The molecule has 0 aliphatic heterocycles. The number of methoxy groups -OCH3 is 1. The lowest BCUT2D eigenvalue weighted by Crippen LogP contribution is -2.34. The van der Waals surface area contributed by atoms with Gasteiger partial charge in [0, 0.05) is 33.9 Å². The Balaban J connectivity index is 1.28. The van der Waals surface area contributed by atoms with Crippen molar-refractivity contribution in [2.75, 3.05) is 12.4 Å². The number of rotatable bonds is 12. The summed E-state index contributed by atoms with van der Waals surface area (Å²) in [6, 6.07) is 34.9. The number of ether oxygens (including phenoxy) is 2. The number of fused-ring (bicyclic) bond motifs is 1. The van der Waals surface area contributed by atoms with E-state index in [2.05, 4.69) is 20.3 Å². The second-order valence-corrected chi connectivity index (χ2v) is 15.4. The predicted molar refractivity (Wildman–Crippen MR) is 214 cm³/mol. The van der Waals surface area contributed by atoms with E-state index in [4.69, 9.17) is 9.47 Å². The van der Waals surface area contributed by atoms with E-state index in [9.17, 15) is 22.8 Å². The number of benzene rings is 5. The summed E-state index contributed by atoms with van der Waals surface area (Å²) in [6.07, 6.45) is 4.80. The fourth-order valence-electron chi connectivity index (χ4n) is 7.27. The summed E-state index contributed by atoms with van der Waals surface area (Å²) in [4.78, 5) is 44.5. The summed E-state index contributed by atoms with van der Waals surface area (Å²) in [7, 11) is -2.77. The van der Waals surface area contributed by atoms with Crippen LogP contribution in [0, 0.1) is 6.92 Å². The maximum absolute atomic E-state index is 14.9. The van der Waals surface area contributed by atoms with Gasteiger partial charge >= 0.3 is 6.09 Å². The van der Waals surface area contributed by atoms with Crippen molar-refractivity contribution in [3.8, 4) is 5.75 Å². The minimum atomic E-state index is -4.19. The van der Waals surface area contributed by atoms with Gasteiger partial charge in [0.1, 0.15) is 11.9 Å². The third-order valence-corrected chi connectivity index (χ3v) is 11.6. The van der Waals surface area contributed by atoms with E-state index < -0.39 is 34.0 Å². The molecule has 7 rings (SSSR count). The smallest absolute Gasteiger partial charge is 0.411 e. The normalized spacial score (nSPS) is 13.6. The number of hydrogen-bond acceptors (Lipinski definition) is 7. The van der Waals surface area contributed by atoms with Gasteiger partial charge in [-0.05, 0) is 91.3 Å². The molecule has 286 valence electrons. The average Bonchev–Trinajstić information content (AvgIpc) is 3.87. The van der Waals surface area contributed by atoms with Gasteiger partial charge in [0.25, 0.3) is 15.9 Å². The van der Waals surface area contributed by atoms with Crippen LogP contribution >= 0.6 is 0 Å². The lowest BCUT2D eigenvalue weighted by Gasteiger charge is -2.25. The molecule has 1 aliphatic rings. The first-order chi connectivity index (χ1) is 27.1. The van der Waals surface area contributed by atoms with E-state index in [0.29, 0.717) is 33.3 Å². The molecule has 0 radical (unpaired) electrons. The standard InChI is InChI=1S/C44H42N4O7S/c1-28-13-9-12-20-39(28)56(52,53)48-42(49)31-21-23-34(38(25-31)54-2)40(43(50)47-41(29-14-5-3-6-15-29)30-16-7-4-8-17-30)36-27-45-37-24-22-32(26-35(36)37)46-44(51)55-33-18-10-11-19-33/h3-9,12-17,20-27,33,40-41,45H,10-11,18-19H2,1-2H3,(H,46,51)(H,47,50)(H,48,49). The zero-order valence-electron chi connectivity index (χ0n) is 31.0. The highest BCUT2D eigenvalue weighted by molar-refractivity contribution is 7.90. The number of amides is 3. The van der Waals surface area contributed by atoms with E-state index in [1.165, 1.54) is 25.3 Å². The van der Waals surface area contributed by atoms with E-state index in [0.717, 1.165) is 36.8 Å². The molecular formula is C44H42N4O7S. The Labute approximate surface area is 325 Å². The molecule has 4 N–H and O–H groups in total. The second-order valence-electron chi connectivity index (χ2n) is 13.8. The highest BCUT2D eigenvalue weighted by Gasteiger charge is 2.32. The molecule has 11 nitrogen and oxygen atoms in total. The van der Waals surface area contributed by atoms with Crippen LogP contribution in [-0.4, -0.2) is 44.5 Å². The monoisotopic (exact) mass is 770 g/mol. The summed E-state index contributed by atoms with van der Waals surface area (Å²) in [6.45, 7) is 1.65. The number of carbonyl (C=O) groups is 3. The number of aryl methyl sites for hydroxylation is 1. The molecule has 1 atom stereocenters. The Kier molecular flexibility index (Phi) is 11.2. The molecule has 0 spiro atoms. The van der Waals surface area contributed by atoms with Crippen molar-refractivity contribution >= 4 is 44.5 Å². The van der Waals surface area contributed by atoms with Gasteiger partial charge < -0.3 is 19.8 Å². The van der Waals surface area contributed by atoms with Crippen molar-refractivity contribution in [3.63, 3.8) is 0 Å². The van der Waals surface area contributed by atoms with Gasteiger partial charge in [-0.3, -0.25) is 14.9 Å². The zero-order chi connectivity index (χ0) is 39.2. The highest BCUT2D eigenvalue weighted by atomic mass is 32.2. The molecular weight excluding hydrogens is 729 g/mol. The van der Waals surface area contributed by atoms with Gasteiger partial charge in [0.15, 0.2) is 0 Å². The van der Waals surface area contributed by atoms with Gasteiger partial charge in [-0.1, -0.05) is 84.9 Å². The topological polar surface area (TPSA) is 156 Å².